The highest BCUT2D eigenvalue weighted by molar-refractivity contribution is 6.00. The van der Waals surface area contributed by atoms with Crippen LogP contribution in [0.4, 0.5) is 0 Å². The third-order valence-electron chi connectivity index (χ3n) is 19.5. The molecule has 2 heterocycles. The summed E-state index contributed by atoms with van der Waals surface area (Å²) in [6.45, 7) is 32.8. The maximum absolute atomic E-state index is 15.4. The summed E-state index contributed by atoms with van der Waals surface area (Å²) in [7, 11) is 9.96. The van der Waals surface area contributed by atoms with Crippen molar-refractivity contribution in [3.05, 3.63) is 12.2 Å². The lowest BCUT2D eigenvalue weighted by Gasteiger charge is -2.41. The Hall–Kier alpha value is -6.38. The van der Waals surface area contributed by atoms with E-state index < -0.39 is 167 Å². The van der Waals surface area contributed by atoms with Crippen molar-refractivity contribution in [1.82, 2.24) is 49.8 Å². The number of hydrogen-bond donors (Lipinski definition) is 3. The molecule has 0 aromatic heterocycles. The Bertz CT molecular complexity index is 2720. The smallest absolute Gasteiger partial charge is 0.302 e. The van der Waals surface area contributed by atoms with Crippen LogP contribution in [0.1, 0.15) is 175 Å². The standard InChI is InChI=1S/C73H128N10O16/c1-25-55-70(93)76(18)51(15)68(91)81(23)62(52(16)98-34-29-27-31-83-32-36-97-37-33-83)60(86)42-54(46(8)9)69(92)77(19)56(38-43(2)3)59(85)41-49(13)65(88)74-50(14)67(90)78(20)57(39-44(4)5)71(94)79(21)58(40-45(6)7)72(95)80(22)61(47(10)11)73(96)82(24)63(66(89)75-55)64(87)48(12)30-26-28-35-99-53(17)84/h26,28,43-52,54-58,61-64,87H,25,27,29-42H2,1-24H3,(H,74,88)(H,75,89)/b28-26+/t48-,49-,50-,51-,52-,54+,55+,56+,57+,58+,61+,62+,63+,64-/m1/s1. The highest BCUT2D eigenvalue weighted by Gasteiger charge is 2.47. The molecule has 0 aliphatic carbocycles. The molecule has 2 fully saturated rings. The molecule has 0 unspecified atom stereocenters. The number of unbranched alkanes of at least 4 members (excludes halogenated alkanes) is 1. The molecule has 26 heteroatoms. The van der Waals surface area contributed by atoms with E-state index in [4.69, 9.17) is 14.2 Å². The largest absolute Gasteiger partial charge is 0.462 e. The number of carbonyl (C=O) groups is 12. The average molecular weight is 1400 g/mol. The number of Topliss-reactive ketones (excluding diaryl/α,β-unsaturated/α-hetero) is 2. The molecule has 0 saturated carbocycles. The molecule has 14 atom stereocenters. The first-order valence-corrected chi connectivity index (χ1v) is 36.0. The van der Waals surface area contributed by atoms with Crippen LogP contribution < -0.4 is 10.6 Å². The first kappa shape index (κ1) is 88.7. The monoisotopic (exact) mass is 1400 g/mol. The minimum Gasteiger partial charge on any atom is -0.462 e. The van der Waals surface area contributed by atoms with E-state index in [0.717, 1.165) is 35.9 Å². The van der Waals surface area contributed by atoms with Gasteiger partial charge in [-0.2, -0.15) is 0 Å². The molecule has 0 bridgehead atoms. The number of ketones is 2. The predicted molar refractivity (Wildman–Crippen MR) is 379 cm³/mol. The van der Waals surface area contributed by atoms with Gasteiger partial charge in [0.2, 0.25) is 53.2 Å². The summed E-state index contributed by atoms with van der Waals surface area (Å²) in [6, 6.07) is -11.6. The number of nitrogens with zero attached hydrogens (tertiary/aromatic N) is 8. The van der Waals surface area contributed by atoms with Gasteiger partial charge < -0.3 is 64.3 Å². The minimum absolute atomic E-state index is 0.0365. The number of amides is 9. The van der Waals surface area contributed by atoms with Gasteiger partial charge in [-0.05, 0) is 108 Å². The maximum Gasteiger partial charge on any atom is 0.302 e. The molecular formula is C73H128N10O16. The lowest BCUT2D eigenvalue weighted by molar-refractivity contribution is -0.157. The normalized spacial score (nSPS) is 27.0. The fourth-order valence-electron chi connectivity index (χ4n) is 13.1. The van der Waals surface area contributed by atoms with Gasteiger partial charge >= 0.3 is 5.97 Å². The van der Waals surface area contributed by atoms with Gasteiger partial charge in [0, 0.05) is 101 Å². The van der Waals surface area contributed by atoms with Crippen molar-refractivity contribution < 1.29 is 76.9 Å². The zero-order chi connectivity index (χ0) is 75.8. The number of hydrogen-bond acceptors (Lipinski definition) is 17. The number of morpholine rings is 1. The number of nitrogens with one attached hydrogen (secondary N) is 2. The molecule has 0 aromatic rings. The number of rotatable bonds is 22. The third-order valence-corrected chi connectivity index (χ3v) is 19.5. The second-order valence-corrected chi connectivity index (χ2v) is 29.8. The summed E-state index contributed by atoms with van der Waals surface area (Å²) in [6.07, 6.45) is 1.93. The summed E-state index contributed by atoms with van der Waals surface area (Å²) in [5.41, 5.74) is 0. The number of esters is 1. The van der Waals surface area contributed by atoms with E-state index >= 15 is 33.6 Å². The third kappa shape index (κ3) is 26.2. The zero-order valence-corrected chi connectivity index (χ0v) is 64.6. The Morgan fingerprint density at radius 1 is 0.556 bits per heavy atom. The average Bonchev–Trinajstić information content (AvgIpc) is 0.808. The zero-order valence-electron chi connectivity index (χ0n) is 64.6. The highest BCUT2D eigenvalue weighted by atomic mass is 16.5. The van der Waals surface area contributed by atoms with Crippen LogP contribution in [0.3, 0.4) is 0 Å². The number of carbonyl (C=O) groups excluding carboxylic acids is 12. The van der Waals surface area contributed by atoms with Crippen LogP contribution in [0.25, 0.3) is 0 Å². The molecule has 9 amide bonds. The first-order valence-electron chi connectivity index (χ1n) is 36.0. The topological polar surface area (TPSA) is 303 Å². The van der Waals surface area contributed by atoms with Gasteiger partial charge in [-0.3, -0.25) is 62.4 Å². The summed E-state index contributed by atoms with van der Waals surface area (Å²) in [4.78, 5) is 187. The van der Waals surface area contributed by atoms with Crippen molar-refractivity contribution in [2.24, 2.45) is 47.3 Å². The maximum atomic E-state index is 15.4. The molecule has 3 N–H and O–H groups in total. The molecule has 0 aromatic carbocycles. The molecule has 2 saturated heterocycles. The van der Waals surface area contributed by atoms with E-state index in [1.165, 1.54) is 94.6 Å². The minimum atomic E-state index is -1.72. The van der Waals surface area contributed by atoms with E-state index in [2.05, 4.69) is 15.5 Å². The van der Waals surface area contributed by atoms with E-state index in [9.17, 15) is 29.1 Å². The summed E-state index contributed by atoms with van der Waals surface area (Å²) < 4.78 is 17.0. The second-order valence-electron chi connectivity index (χ2n) is 29.8. The van der Waals surface area contributed by atoms with Gasteiger partial charge in [-0.15, -0.1) is 0 Å². The van der Waals surface area contributed by atoms with Crippen LogP contribution in [0.15, 0.2) is 12.2 Å². The molecule has 2 rings (SSSR count). The Morgan fingerprint density at radius 3 is 1.58 bits per heavy atom. The highest BCUT2D eigenvalue weighted by Crippen LogP contribution is 2.29. The Labute approximate surface area is 592 Å². The van der Waals surface area contributed by atoms with Gasteiger partial charge in [0.1, 0.15) is 54.9 Å². The number of likely N-dealkylation sites (N-methyl/N-ethyl adjacent to an activating group) is 7. The van der Waals surface area contributed by atoms with E-state index in [0.29, 0.717) is 19.6 Å². The number of allylic oxidation sites excluding steroid dienone is 1. The van der Waals surface area contributed by atoms with Crippen molar-refractivity contribution in [2.45, 2.75) is 242 Å². The quantitative estimate of drug-likeness (QED) is 0.0741. The molecule has 0 radical (unpaired) electrons. The molecule has 566 valence electrons. The SMILES string of the molecule is CC[C@@H]1NC(=O)[C@H]([C@H](O)[C@H](C)C/C=C/COC(C)=O)N(C)C(=O)[C@H](C(C)C)N(C)C(=O)[C@H](CC(C)C)N(C)C(=O)[C@H](CC(C)C)N(C)C(=O)[C@@H](C)NC(=O)[C@H](C)CC(=O)[C@H](CC(C)C)N(C)C(=O)[C@H](C(C)C)CC(=O)[C@H]([C@@H](C)OCCCCN2CCOCC2)N(C)C(=O)[C@@H](C)N(C)C1=O. The fraction of sp³-hybridized carbons (Fsp3) is 0.808. The number of aliphatic hydroxyl groups is 1. The predicted octanol–water partition coefficient (Wildman–Crippen LogP) is 4.85. The second kappa shape index (κ2) is 42.1. The molecule has 2 aliphatic heterocycles. The lowest BCUT2D eigenvalue weighted by atomic mass is 9.85. The summed E-state index contributed by atoms with van der Waals surface area (Å²) in [5.74, 6) is -11.9. The van der Waals surface area contributed by atoms with Gasteiger partial charge in [-0.25, -0.2) is 0 Å². The number of aliphatic hydroxyl groups excluding tert-OH is 1. The van der Waals surface area contributed by atoms with Crippen molar-refractivity contribution in [3.8, 4) is 0 Å². The van der Waals surface area contributed by atoms with Gasteiger partial charge in [0.25, 0.3) is 0 Å². The molecule has 0 spiro atoms. The van der Waals surface area contributed by atoms with Crippen molar-refractivity contribution in [1.29, 1.82) is 0 Å². The van der Waals surface area contributed by atoms with Crippen molar-refractivity contribution in [2.75, 3.05) is 95.4 Å². The van der Waals surface area contributed by atoms with Crippen LogP contribution in [0, 0.1) is 47.3 Å². The Balaban J connectivity index is 3.03. The fourth-order valence-corrected chi connectivity index (χ4v) is 13.1. The van der Waals surface area contributed by atoms with Gasteiger partial charge in [0.05, 0.1) is 31.5 Å². The van der Waals surface area contributed by atoms with Crippen LogP contribution >= 0.6 is 0 Å². The van der Waals surface area contributed by atoms with E-state index in [1.54, 1.807) is 67.5 Å². The summed E-state index contributed by atoms with van der Waals surface area (Å²) >= 11 is 0. The molecular weight excluding hydrogens is 1270 g/mol. The molecule has 99 heavy (non-hydrogen) atoms. The van der Waals surface area contributed by atoms with Crippen molar-refractivity contribution >= 4 is 70.7 Å². The summed E-state index contributed by atoms with van der Waals surface area (Å²) in [5, 5.41) is 17.9. The van der Waals surface area contributed by atoms with Crippen LogP contribution in [0.2, 0.25) is 0 Å². The van der Waals surface area contributed by atoms with Gasteiger partial charge in [0.15, 0.2) is 11.6 Å². The first-order chi connectivity index (χ1) is 46.1. The van der Waals surface area contributed by atoms with E-state index in [-0.39, 0.29) is 75.9 Å². The van der Waals surface area contributed by atoms with Crippen molar-refractivity contribution in [3.63, 3.8) is 0 Å². The van der Waals surface area contributed by atoms with Crippen LogP contribution in [-0.4, -0.2) is 277 Å². The Morgan fingerprint density at radius 2 is 1.06 bits per heavy atom. The molecule has 26 nitrogen and oxygen atoms in total. The number of ether oxygens (including phenoxy) is 3. The van der Waals surface area contributed by atoms with Crippen LogP contribution in [-0.2, 0) is 71.7 Å². The lowest BCUT2D eigenvalue weighted by Crippen LogP contribution is -2.64. The van der Waals surface area contributed by atoms with Gasteiger partial charge in [-0.1, -0.05) is 102 Å². The van der Waals surface area contributed by atoms with E-state index in [1.807, 2.05) is 41.5 Å². The van der Waals surface area contributed by atoms with Crippen LogP contribution in [0.5, 0.6) is 0 Å². The molecule has 2 aliphatic rings. The Kier molecular flexibility index (Phi) is 37.8.